The van der Waals surface area contributed by atoms with Crippen LogP contribution in [0.3, 0.4) is 0 Å². The summed E-state index contributed by atoms with van der Waals surface area (Å²) < 4.78 is 0. The Bertz CT molecular complexity index is 601. The Balaban J connectivity index is 0.000000266. The fourth-order valence-electron chi connectivity index (χ4n) is 5.55. The summed E-state index contributed by atoms with van der Waals surface area (Å²) in [5.74, 6) is -0.724. The van der Waals surface area contributed by atoms with Crippen LogP contribution in [0.4, 0.5) is 0 Å². The van der Waals surface area contributed by atoms with Gasteiger partial charge in [-0.2, -0.15) is 0 Å². The molecule has 2 aliphatic carbocycles. The molecule has 34 heavy (non-hydrogen) atoms. The minimum atomic E-state index is -0.724. The molecule has 1 aromatic heterocycles. The summed E-state index contributed by atoms with van der Waals surface area (Å²) in [6, 6.07) is 3.71. The standard InChI is InChI=1S/C18H30O2S.C12H23N/c1-2-3-4-5-6-7-8-9-10-11-12-17-16(13-14-21-17)15-18(19)20;1-3-7-11(8-4-1)13-12-9-5-2-6-10-12/h13-14H,2-12,15H2,1H3,(H,19,20);11-13H,1-10H2. The highest BCUT2D eigenvalue weighted by atomic mass is 32.1. The van der Waals surface area contributed by atoms with Gasteiger partial charge in [-0.1, -0.05) is 103 Å². The van der Waals surface area contributed by atoms with Crippen LogP contribution < -0.4 is 5.32 Å². The third-order valence-corrected chi connectivity index (χ3v) is 8.64. The average molecular weight is 492 g/mol. The van der Waals surface area contributed by atoms with Gasteiger partial charge in [0.05, 0.1) is 6.42 Å². The number of hydrogen-bond acceptors (Lipinski definition) is 3. The molecule has 0 amide bonds. The van der Waals surface area contributed by atoms with E-state index in [0.29, 0.717) is 0 Å². The molecule has 0 unspecified atom stereocenters. The molecule has 2 fully saturated rings. The van der Waals surface area contributed by atoms with E-state index >= 15 is 0 Å². The van der Waals surface area contributed by atoms with Gasteiger partial charge in [0.15, 0.2) is 0 Å². The van der Waals surface area contributed by atoms with Crippen molar-refractivity contribution in [3.63, 3.8) is 0 Å². The number of carbonyl (C=O) groups is 1. The number of rotatable bonds is 15. The van der Waals surface area contributed by atoms with Gasteiger partial charge in [-0.25, -0.2) is 0 Å². The van der Waals surface area contributed by atoms with Crippen LogP contribution in [-0.2, 0) is 17.6 Å². The third-order valence-electron chi connectivity index (χ3n) is 7.62. The molecule has 0 radical (unpaired) electrons. The largest absolute Gasteiger partial charge is 0.481 e. The van der Waals surface area contributed by atoms with Gasteiger partial charge in [0.1, 0.15) is 0 Å². The van der Waals surface area contributed by atoms with E-state index in [1.54, 1.807) is 11.3 Å². The highest BCUT2D eigenvalue weighted by Crippen LogP contribution is 2.23. The van der Waals surface area contributed by atoms with E-state index in [1.807, 2.05) is 11.4 Å². The van der Waals surface area contributed by atoms with E-state index in [0.717, 1.165) is 24.1 Å². The van der Waals surface area contributed by atoms with Crippen molar-refractivity contribution in [1.82, 2.24) is 5.32 Å². The van der Waals surface area contributed by atoms with Crippen LogP contribution in [0.5, 0.6) is 0 Å². The average Bonchev–Trinajstić information content (AvgIpc) is 3.28. The topological polar surface area (TPSA) is 49.3 Å². The van der Waals surface area contributed by atoms with Crippen molar-refractivity contribution in [3.05, 3.63) is 21.9 Å². The molecular weight excluding hydrogens is 438 g/mol. The van der Waals surface area contributed by atoms with E-state index in [9.17, 15) is 4.79 Å². The van der Waals surface area contributed by atoms with Gasteiger partial charge in [-0.15, -0.1) is 11.3 Å². The Kier molecular flexibility index (Phi) is 16.7. The number of aryl methyl sites for hydroxylation is 1. The predicted octanol–water partition coefficient (Wildman–Crippen LogP) is 9.08. The van der Waals surface area contributed by atoms with E-state index in [1.165, 1.54) is 133 Å². The SMILES string of the molecule is C1CCC(NC2CCCCC2)CC1.CCCCCCCCCCCCc1sccc1CC(=O)O. The van der Waals surface area contributed by atoms with Gasteiger partial charge < -0.3 is 10.4 Å². The van der Waals surface area contributed by atoms with Crippen LogP contribution in [-0.4, -0.2) is 23.2 Å². The zero-order valence-electron chi connectivity index (χ0n) is 22.1. The predicted molar refractivity (Wildman–Crippen MR) is 148 cm³/mol. The number of carboxylic acid groups (broad SMARTS) is 1. The molecule has 1 aromatic rings. The Labute approximate surface area is 214 Å². The zero-order valence-corrected chi connectivity index (χ0v) is 22.9. The van der Waals surface area contributed by atoms with Gasteiger partial charge in [0.25, 0.3) is 0 Å². The van der Waals surface area contributed by atoms with Crippen LogP contribution >= 0.6 is 11.3 Å². The number of unbranched alkanes of at least 4 members (excludes halogenated alkanes) is 9. The highest BCUT2D eigenvalue weighted by molar-refractivity contribution is 7.10. The zero-order chi connectivity index (χ0) is 24.3. The lowest BCUT2D eigenvalue weighted by molar-refractivity contribution is -0.136. The fourth-order valence-corrected chi connectivity index (χ4v) is 6.50. The van der Waals surface area contributed by atoms with Crippen molar-refractivity contribution in [2.75, 3.05) is 0 Å². The molecule has 0 aromatic carbocycles. The van der Waals surface area contributed by atoms with Gasteiger partial charge >= 0.3 is 5.97 Å². The molecule has 2 N–H and O–H groups in total. The summed E-state index contributed by atoms with van der Waals surface area (Å²) in [5, 5.41) is 14.7. The first kappa shape index (κ1) is 29.4. The second-order valence-corrected chi connectivity index (χ2v) is 11.7. The molecule has 196 valence electrons. The Morgan fingerprint density at radius 3 is 1.82 bits per heavy atom. The number of thiophene rings is 1. The van der Waals surface area contributed by atoms with Crippen LogP contribution in [0.25, 0.3) is 0 Å². The smallest absolute Gasteiger partial charge is 0.307 e. The Morgan fingerprint density at radius 1 is 0.824 bits per heavy atom. The minimum Gasteiger partial charge on any atom is -0.481 e. The molecule has 3 rings (SSSR count). The molecule has 2 saturated carbocycles. The molecule has 0 atom stereocenters. The Morgan fingerprint density at radius 2 is 1.32 bits per heavy atom. The first-order valence-corrected chi connectivity index (χ1v) is 15.6. The van der Waals surface area contributed by atoms with Crippen LogP contribution in [0.15, 0.2) is 11.4 Å². The minimum absolute atomic E-state index is 0.177. The lowest BCUT2D eigenvalue weighted by Gasteiger charge is -2.30. The van der Waals surface area contributed by atoms with Crippen LogP contribution in [0.2, 0.25) is 0 Å². The van der Waals surface area contributed by atoms with Gasteiger partial charge in [0, 0.05) is 17.0 Å². The maximum Gasteiger partial charge on any atom is 0.307 e. The lowest BCUT2D eigenvalue weighted by Crippen LogP contribution is -2.40. The normalized spacial score (nSPS) is 17.3. The molecule has 2 aliphatic rings. The summed E-state index contributed by atoms with van der Waals surface area (Å²) in [7, 11) is 0. The molecule has 1 heterocycles. The summed E-state index contributed by atoms with van der Waals surface area (Å²) in [5.41, 5.74) is 1.02. The van der Waals surface area contributed by atoms with E-state index in [-0.39, 0.29) is 6.42 Å². The summed E-state index contributed by atoms with van der Waals surface area (Å²) >= 11 is 1.71. The second-order valence-electron chi connectivity index (χ2n) is 10.7. The monoisotopic (exact) mass is 491 g/mol. The van der Waals surface area contributed by atoms with Crippen molar-refractivity contribution >= 4 is 17.3 Å². The fraction of sp³-hybridized carbons (Fsp3) is 0.833. The van der Waals surface area contributed by atoms with E-state index in [2.05, 4.69) is 12.2 Å². The maximum absolute atomic E-state index is 10.8. The number of nitrogens with one attached hydrogen (secondary N) is 1. The van der Waals surface area contributed by atoms with Crippen LogP contribution in [0.1, 0.15) is 146 Å². The van der Waals surface area contributed by atoms with Crippen molar-refractivity contribution in [1.29, 1.82) is 0 Å². The summed E-state index contributed by atoms with van der Waals surface area (Å²) in [6.45, 7) is 2.26. The Hall–Kier alpha value is -0.870. The quantitative estimate of drug-likeness (QED) is 0.240. The molecular formula is C30H53NO2S. The van der Waals surface area contributed by atoms with Crippen molar-refractivity contribution < 1.29 is 9.90 Å². The second kappa shape index (κ2) is 19.3. The highest BCUT2D eigenvalue weighted by Gasteiger charge is 2.19. The van der Waals surface area contributed by atoms with Gasteiger partial charge in [-0.05, 0) is 55.5 Å². The first-order chi connectivity index (χ1) is 16.7. The number of aliphatic carboxylic acids is 1. The number of carboxylic acids is 1. The van der Waals surface area contributed by atoms with Crippen molar-refractivity contribution in [3.8, 4) is 0 Å². The maximum atomic E-state index is 10.8. The lowest BCUT2D eigenvalue weighted by atomic mass is 9.91. The molecule has 0 spiro atoms. The molecule has 0 bridgehead atoms. The van der Waals surface area contributed by atoms with Crippen LogP contribution in [0, 0.1) is 0 Å². The van der Waals surface area contributed by atoms with Crippen molar-refractivity contribution in [2.24, 2.45) is 0 Å². The number of hydrogen-bond donors (Lipinski definition) is 2. The van der Waals surface area contributed by atoms with Crippen molar-refractivity contribution in [2.45, 2.75) is 160 Å². The molecule has 3 nitrogen and oxygen atoms in total. The summed E-state index contributed by atoms with van der Waals surface area (Å²) in [4.78, 5) is 12.0. The van der Waals surface area contributed by atoms with E-state index < -0.39 is 5.97 Å². The first-order valence-electron chi connectivity index (χ1n) is 14.7. The molecule has 0 saturated heterocycles. The molecule has 4 heteroatoms. The molecule has 0 aliphatic heterocycles. The van der Waals surface area contributed by atoms with Gasteiger partial charge in [-0.3, -0.25) is 4.79 Å². The third kappa shape index (κ3) is 13.9. The summed E-state index contributed by atoms with van der Waals surface area (Å²) in [6.07, 6.45) is 29.3. The van der Waals surface area contributed by atoms with E-state index in [4.69, 9.17) is 5.11 Å². The van der Waals surface area contributed by atoms with Gasteiger partial charge in [0.2, 0.25) is 0 Å².